The van der Waals surface area contributed by atoms with E-state index < -0.39 is 5.60 Å². The molecule has 1 aliphatic carbocycles. The average molecular weight is 321 g/mol. The quantitative estimate of drug-likeness (QED) is 0.910. The van der Waals surface area contributed by atoms with E-state index in [1.165, 1.54) is 5.56 Å². The number of nitrogens with zero attached hydrogens (tertiary/aromatic N) is 1. The molecule has 4 heteroatoms. The second-order valence-electron chi connectivity index (χ2n) is 5.29. The lowest BCUT2D eigenvalue weighted by Crippen LogP contribution is -2.46. The van der Waals surface area contributed by atoms with Gasteiger partial charge in [0.2, 0.25) is 0 Å². The summed E-state index contributed by atoms with van der Waals surface area (Å²) in [5.41, 5.74) is 1.71. The maximum absolute atomic E-state index is 10.1. The van der Waals surface area contributed by atoms with Gasteiger partial charge in [0, 0.05) is 29.1 Å². The maximum Gasteiger partial charge on any atom is 0.0771 e. The standard InChI is InChI=1S/C15H17BrN2O/c16-13-5-4-11(14-12(13)3-1-8-18-14)9-17-10-15(19)6-2-7-15/h1,3-5,8,17,19H,2,6-7,9-10H2. The first kappa shape index (κ1) is 13.0. The van der Waals surface area contributed by atoms with E-state index in [0.717, 1.165) is 41.2 Å². The van der Waals surface area contributed by atoms with Crippen molar-refractivity contribution in [3.05, 3.63) is 40.5 Å². The number of rotatable bonds is 4. The lowest BCUT2D eigenvalue weighted by molar-refractivity contribution is -0.0314. The minimum Gasteiger partial charge on any atom is -0.389 e. The summed E-state index contributed by atoms with van der Waals surface area (Å²) >= 11 is 3.55. The number of nitrogens with one attached hydrogen (secondary N) is 1. The molecule has 0 aliphatic heterocycles. The first-order valence-corrected chi connectivity index (χ1v) is 7.42. The van der Waals surface area contributed by atoms with Crippen LogP contribution < -0.4 is 5.32 Å². The van der Waals surface area contributed by atoms with Crippen LogP contribution in [0, 0.1) is 0 Å². The van der Waals surface area contributed by atoms with Gasteiger partial charge in [-0.15, -0.1) is 0 Å². The fourth-order valence-corrected chi connectivity index (χ4v) is 2.98. The van der Waals surface area contributed by atoms with Gasteiger partial charge in [-0.05, 0) is 37.0 Å². The van der Waals surface area contributed by atoms with Crippen molar-refractivity contribution in [1.82, 2.24) is 10.3 Å². The molecule has 19 heavy (non-hydrogen) atoms. The Hall–Kier alpha value is -0.970. The highest BCUT2D eigenvalue weighted by atomic mass is 79.9. The normalized spacial score (nSPS) is 17.4. The summed E-state index contributed by atoms with van der Waals surface area (Å²) in [5, 5.41) is 14.5. The Bertz CT molecular complexity index is 596. The lowest BCUT2D eigenvalue weighted by Gasteiger charge is -2.36. The molecule has 0 spiro atoms. The van der Waals surface area contributed by atoms with Crippen LogP contribution in [0.1, 0.15) is 24.8 Å². The van der Waals surface area contributed by atoms with Gasteiger partial charge in [0.25, 0.3) is 0 Å². The molecule has 1 aromatic heterocycles. The molecule has 0 amide bonds. The third-order valence-electron chi connectivity index (χ3n) is 3.85. The Morgan fingerprint density at radius 3 is 2.89 bits per heavy atom. The smallest absolute Gasteiger partial charge is 0.0771 e. The number of fused-ring (bicyclic) bond motifs is 1. The van der Waals surface area contributed by atoms with E-state index in [9.17, 15) is 5.11 Å². The van der Waals surface area contributed by atoms with Gasteiger partial charge in [0.05, 0.1) is 11.1 Å². The lowest BCUT2D eigenvalue weighted by atomic mass is 9.80. The van der Waals surface area contributed by atoms with E-state index in [4.69, 9.17) is 0 Å². The number of hydrogen-bond donors (Lipinski definition) is 2. The zero-order valence-corrected chi connectivity index (χ0v) is 12.3. The van der Waals surface area contributed by atoms with E-state index >= 15 is 0 Å². The summed E-state index contributed by atoms with van der Waals surface area (Å²) in [7, 11) is 0. The van der Waals surface area contributed by atoms with Crippen molar-refractivity contribution in [3.63, 3.8) is 0 Å². The highest BCUT2D eigenvalue weighted by Gasteiger charge is 2.33. The number of halogens is 1. The molecule has 0 atom stereocenters. The monoisotopic (exact) mass is 320 g/mol. The van der Waals surface area contributed by atoms with Crippen molar-refractivity contribution in [3.8, 4) is 0 Å². The van der Waals surface area contributed by atoms with Crippen molar-refractivity contribution in [2.45, 2.75) is 31.4 Å². The molecule has 1 saturated carbocycles. The van der Waals surface area contributed by atoms with Gasteiger partial charge in [0.1, 0.15) is 0 Å². The molecule has 1 heterocycles. The van der Waals surface area contributed by atoms with E-state index in [2.05, 4.69) is 44.4 Å². The third-order valence-corrected chi connectivity index (χ3v) is 4.55. The molecule has 0 unspecified atom stereocenters. The summed E-state index contributed by atoms with van der Waals surface area (Å²) < 4.78 is 1.07. The molecule has 0 bridgehead atoms. The molecule has 2 aromatic rings. The van der Waals surface area contributed by atoms with Gasteiger partial charge in [-0.25, -0.2) is 0 Å². The van der Waals surface area contributed by atoms with Gasteiger partial charge in [-0.3, -0.25) is 4.98 Å². The number of hydrogen-bond acceptors (Lipinski definition) is 3. The van der Waals surface area contributed by atoms with Crippen molar-refractivity contribution in [2.24, 2.45) is 0 Å². The van der Waals surface area contributed by atoms with E-state index in [0.29, 0.717) is 6.54 Å². The molecule has 0 radical (unpaired) electrons. The van der Waals surface area contributed by atoms with Gasteiger partial charge in [-0.1, -0.05) is 28.1 Å². The minimum absolute atomic E-state index is 0.474. The zero-order chi connectivity index (χ0) is 13.3. The number of aliphatic hydroxyl groups is 1. The van der Waals surface area contributed by atoms with Crippen LogP contribution in [0.4, 0.5) is 0 Å². The molecule has 1 aromatic carbocycles. The predicted octanol–water partition coefficient (Wildman–Crippen LogP) is 3.00. The molecule has 0 saturated heterocycles. The second kappa shape index (κ2) is 5.19. The van der Waals surface area contributed by atoms with Gasteiger partial charge in [-0.2, -0.15) is 0 Å². The number of pyridine rings is 1. The highest BCUT2D eigenvalue weighted by Crippen LogP contribution is 2.31. The van der Waals surface area contributed by atoms with E-state index in [1.54, 1.807) is 0 Å². The Labute approximate surface area is 121 Å². The van der Waals surface area contributed by atoms with E-state index in [-0.39, 0.29) is 0 Å². The van der Waals surface area contributed by atoms with Crippen LogP contribution in [0.25, 0.3) is 10.9 Å². The first-order valence-electron chi connectivity index (χ1n) is 6.63. The predicted molar refractivity (Wildman–Crippen MR) is 80.0 cm³/mol. The molecule has 2 N–H and O–H groups in total. The largest absolute Gasteiger partial charge is 0.389 e. The molecule has 3 nitrogen and oxygen atoms in total. The van der Waals surface area contributed by atoms with Gasteiger partial charge >= 0.3 is 0 Å². The summed E-state index contributed by atoms with van der Waals surface area (Å²) in [6, 6.07) is 8.15. The topological polar surface area (TPSA) is 45.1 Å². The summed E-state index contributed by atoms with van der Waals surface area (Å²) in [4.78, 5) is 4.46. The molecular weight excluding hydrogens is 304 g/mol. The van der Waals surface area contributed by atoms with Gasteiger partial charge < -0.3 is 10.4 Å². The second-order valence-corrected chi connectivity index (χ2v) is 6.14. The van der Waals surface area contributed by atoms with Crippen LogP contribution in [0.2, 0.25) is 0 Å². The number of aromatic nitrogens is 1. The Kier molecular flexibility index (Phi) is 3.56. The van der Waals surface area contributed by atoms with Crippen LogP contribution in [-0.4, -0.2) is 22.2 Å². The average Bonchev–Trinajstić information content (AvgIpc) is 2.40. The fourth-order valence-electron chi connectivity index (χ4n) is 2.53. The maximum atomic E-state index is 10.1. The SMILES string of the molecule is OC1(CNCc2ccc(Br)c3cccnc23)CCC1. The Morgan fingerprint density at radius 1 is 1.32 bits per heavy atom. The van der Waals surface area contributed by atoms with Gasteiger partial charge in [0.15, 0.2) is 0 Å². The van der Waals surface area contributed by atoms with E-state index in [1.807, 2.05) is 12.3 Å². The van der Waals surface area contributed by atoms with Crippen LogP contribution in [0.15, 0.2) is 34.9 Å². The molecule has 1 fully saturated rings. The molecular formula is C15H17BrN2O. The number of benzene rings is 1. The van der Waals surface area contributed by atoms with Crippen LogP contribution >= 0.6 is 15.9 Å². The summed E-state index contributed by atoms with van der Waals surface area (Å²) in [6.45, 7) is 1.40. The molecule has 3 rings (SSSR count). The Balaban J connectivity index is 1.76. The van der Waals surface area contributed by atoms with Crippen LogP contribution in [0.5, 0.6) is 0 Å². The molecule has 1 aliphatic rings. The van der Waals surface area contributed by atoms with Crippen molar-refractivity contribution >= 4 is 26.8 Å². The van der Waals surface area contributed by atoms with Crippen LogP contribution in [0.3, 0.4) is 0 Å². The fraction of sp³-hybridized carbons (Fsp3) is 0.400. The van der Waals surface area contributed by atoms with Crippen molar-refractivity contribution < 1.29 is 5.11 Å². The van der Waals surface area contributed by atoms with Crippen molar-refractivity contribution in [2.75, 3.05) is 6.54 Å². The summed E-state index contributed by atoms with van der Waals surface area (Å²) in [6.07, 6.45) is 4.79. The Morgan fingerprint density at radius 2 is 2.16 bits per heavy atom. The molecule has 100 valence electrons. The minimum atomic E-state index is -0.474. The first-order chi connectivity index (χ1) is 9.18. The highest BCUT2D eigenvalue weighted by molar-refractivity contribution is 9.10. The van der Waals surface area contributed by atoms with Crippen LogP contribution in [-0.2, 0) is 6.54 Å². The van der Waals surface area contributed by atoms with Crippen molar-refractivity contribution in [1.29, 1.82) is 0 Å². The zero-order valence-electron chi connectivity index (χ0n) is 10.7. The third kappa shape index (κ3) is 2.66. The summed E-state index contributed by atoms with van der Waals surface area (Å²) in [5.74, 6) is 0.